The summed E-state index contributed by atoms with van der Waals surface area (Å²) in [5.74, 6) is -0.187. The zero-order valence-electron chi connectivity index (χ0n) is 12.5. The average molecular weight is 327 g/mol. The average Bonchev–Trinajstić information content (AvgIpc) is 3.03. The first-order chi connectivity index (χ1) is 11.1. The van der Waals surface area contributed by atoms with Gasteiger partial charge in [-0.3, -0.25) is 9.78 Å². The van der Waals surface area contributed by atoms with E-state index in [4.69, 9.17) is 11.6 Å². The van der Waals surface area contributed by atoms with E-state index >= 15 is 0 Å². The maximum Gasteiger partial charge on any atom is 0.254 e. The molecule has 0 aliphatic carbocycles. The normalized spacial score (nSPS) is 10.5. The fourth-order valence-corrected chi connectivity index (χ4v) is 2.27. The van der Waals surface area contributed by atoms with Crippen LogP contribution in [-0.2, 0) is 6.54 Å². The van der Waals surface area contributed by atoms with Crippen molar-refractivity contribution in [2.45, 2.75) is 13.5 Å². The number of nitrogens with one attached hydrogen (secondary N) is 1. The summed E-state index contributed by atoms with van der Waals surface area (Å²) < 4.78 is 1.64. The van der Waals surface area contributed by atoms with E-state index in [-0.39, 0.29) is 5.91 Å². The highest BCUT2D eigenvalue weighted by molar-refractivity contribution is 6.30. The molecule has 0 aliphatic rings. The molecule has 6 heteroatoms. The van der Waals surface area contributed by atoms with Gasteiger partial charge in [-0.25, -0.2) is 4.68 Å². The van der Waals surface area contributed by atoms with Crippen LogP contribution in [0, 0.1) is 6.92 Å². The summed E-state index contributed by atoms with van der Waals surface area (Å²) in [6.45, 7) is 2.30. The number of nitrogens with zero attached hydrogens (tertiary/aromatic N) is 3. The molecule has 0 fully saturated rings. The van der Waals surface area contributed by atoms with E-state index in [0.717, 1.165) is 17.1 Å². The fraction of sp³-hybridized carbons (Fsp3) is 0.118. The van der Waals surface area contributed by atoms with Gasteiger partial charge >= 0.3 is 0 Å². The van der Waals surface area contributed by atoms with Gasteiger partial charge in [-0.15, -0.1) is 0 Å². The Balaban J connectivity index is 1.67. The second-order valence-electron chi connectivity index (χ2n) is 5.10. The summed E-state index contributed by atoms with van der Waals surface area (Å²) >= 11 is 5.87. The molecule has 0 saturated heterocycles. The largest absolute Gasteiger partial charge is 0.346 e. The molecule has 0 radical (unpaired) electrons. The van der Waals surface area contributed by atoms with Crippen molar-refractivity contribution in [2.24, 2.45) is 0 Å². The first kappa shape index (κ1) is 15.2. The third-order valence-corrected chi connectivity index (χ3v) is 3.56. The number of carbonyl (C=O) groups excluding carboxylic acids is 1. The van der Waals surface area contributed by atoms with Crippen LogP contribution in [0.3, 0.4) is 0 Å². The van der Waals surface area contributed by atoms with Gasteiger partial charge in [-0.2, -0.15) is 5.10 Å². The molecule has 0 bridgehead atoms. The topological polar surface area (TPSA) is 59.8 Å². The molecule has 0 unspecified atom stereocenters. The zero-order chi connectivity index (χ0) is 16.2. The van der Waals surface area contributed by atoms with E-state index in [1.807, 2.05) is 37.3 Å². The highest BCUT2D eigenvalue weighted by Gasteiger charge is 2.09. The Morgan fingerprint density at radius 1 is 1.22 bits per heavy atom. The monoisotopic (exact) mass is 326 g/mol. The van der Waals surface area contributed by atoms with Crippen LogP contribution < -0.4 is 5.32 Å². The minimum absolute atomic E-state index is 0.187. The lowest BCUT2D eigenvalue weighted by Gasteiger charge is -2.04. The molecular weight excluding hydrogens is 312 g/mol. The lowest BCUT2D eigenvalue weighted by Crippen LogP contribution is -2.23. The molecule has 1 amide bonds. The maximum absolute atomic E-state index is 12.2. The molecule has 0 spiro atoms. The number of amides is 1. The molecule has 1 N–H and O–H groups in total. The van der Waals surface area contributed by atoms with Crippen molar-refractivity contribution < 1.29 is 4.79 Å². The Morgan fingerprint density at radius 3 is 2.74 bits per heavy atom. The number of hydrogen-bond donors (Lipinski definition) is 1. The first-order valence-corrected chi connectivity index (χ1v) is 7.51. The number of hydrogen-bond acceptors (Lipinski definition) is 3. The fourth-order valence-electron chi connectivity index (χ4n) is 2.15. The lowest BCUT2D eigenvalue weighted by molar-refractivity contribution is 0.0950. The molecule has 3 rings (SSSR count). The van der Waals surface area contributed by atoms with E-state index in [1.54, 1.807) is 23.0 Å². The van der Waals surface area contributed by atoms with Gasteiger partial charge in [0.2, 0.25) is 0 Å². The summed E-state index contributed by atoms with van der Waals surface area (Å²) in [6.07, 6.45) is 3.22. The second kappa shape index (κ2) is 6.62. The predicted molar refractivity (Wildman–Crippen MR) is 88.7 cm³/mol. The highest BCUT2D eigenvalue weighted by Crippen LogP contribution is 2.13. The summed E-state index contributed by atoms with van der Waals surface area (Å²) in [6, 6.07) is 13.0. The van der Waals surface area contributed by atoms with Crippen molar-refractivity contribution in [3.05, 3.63) is 76.8 Å². The van der Waals surface area contributed by atoms with Gasteiger partial charge in [0.15, 0.2) is 0 Å². The SMILES string of the molecule is Cc1cccc(CNC(=O)c2cnn(-c3ccc(Cl)cc3)c2)n1. The van der Waals surface area contributed by atoms with Gasteiger partial charge in [0.05, 0.1) is 29.7 Å². The number of halogens is 1. The zero-order valence-corrected chi connectivity index (χ0v) is 13.3. The number of pyridine rings is 1. The van der Waals surface area contributed by atoms with Gasteiger partial charge in [-0.1, -0.05) is 17.7 Å². The van der Waals surface area contributed by atoms with Crippen LogP contribution in [0.15, 0.2) is 54.9 Å². The van der Waals surface area contributed by atoms with Gasteiger partial charge in [0.25, 0.3) is 5.91 Å². The molecule has 0 saturated carbocycles. The lowest BCUT2D eigenvalue weighted by atomic mass is 10.3. The summed E-state index contributed by atoms with van der Waals surface area (Å²) in [7, 11) is 0. The van der Waals surface area contributed by atoms with Crippen molar-refractivity contribution in [2.75, 3.05) is 0 Å². The van der Waals surface area contributed by atoms with Crippen LogP contribution in [0.4, 0.5) is 0 Å². The van der Waals surface area contributed by atoms with Crippen LogP contribution in [0.2, 0.25) is 5.02 Å². The maximum atomic E-state index is 12.2. The first-order valence-electron chi connectivity index (χ1n) is 7.13. The van der Waals surface area contributed by atoms with Crippen molar-refractivity contribution in [1.82, 2.24) is 20.1 Å². The molecule has 23 heavy (non-hydrogen) atoms. The van der Waals surface area contributed by atoms with Gasteiger partial charge in [-0.05, 0) is 43.3 Å². The van der Waals surface area contributed by atoms with Crippen LogP contribution in [-0.4, -0.2) is 20.7 Å². The standard InChI is InChI=1S/C17H15ClN4O/c1-12-3-2-4-15(21-12)10-19-17(23)13-9-20-22(11-13)16-7-5-14(18)6-8-16/h2-9,11H,10H2,1H3,(H,19,23). The summed E-state index contributed by atoms with van der Waals surface area (Å²) in [5, 5.41) is 7.70. The van der Waals surface area contributed by atoms with E-state index in [2.05, 4.69) is 15.4 Å². The number of aryl methyl sites for hydroxylation is 1. The molecule has 5 nitrogen and oxygen atoms in total. The Labute approximate surface area is 138 Å². The van der Waals surface area contributed by atoms with Crippen molar-refractivity contribution >= 4 is 17.5 Å². The molecule has 2 aromatic heterocycles. The third kappa shape index (κ3) is 3.76. The van der Waals surface area contributed by atoms with Crippen molar-refractivity contribution in [1.29, 1.82) is 0 Å². The van der Waals surface area contributed by atoms with Crippen LogP contribution in [0.5, 0.6) is 0 Å². The van der Waals surface area contributed by atoms with Crippen molar-refractivity contribution in [3.8, 4) is 5.69 Å². The molecule has 0 aliphatic heterocycles. The molecule has 116 valence electrons. The van der Waals surface area contributed by atoms with E-state index in [1.165, 1.54) is 6.20 Å². The van der Waals surface area contributed by atoms with Gasteiger partial charge in [0.1, 0.15) is 0 Å². The van der Waals surface area contributed by atoms with E-state index in [9.17, 15) is 4.79 Å². The number of rotatable bonds is 4. The summed E-state index contributed by atoms with van der Waals surface area (Å²) in [4.78, 5) is 16.5. The van der Waals surface area contributed by atoms with Gasteiger partial charge in [0, 0.05) is 16.9 Å². The van der Waals surface area contributed by atoms with Crippen LogP contribution >= 0.6 is 11.6 Å². The second-order valence-corrected chi connectivity index (χ2v) is 5.54. The van der Waals surface area contributed by atoms with Crippen LogP contribution in [0.1, 0.15) is 21.7 Å². The third-order valence-electron chi connectivity index (χ3n) is 3.31. The minimum atomic E-state index is -0.187. The molecule has 1 aromatic carbocycles. The van der Waals surface area contributed by atoms with E-state index < -0.39 is 0 Å². The Hall–Kier alpha value is -2.66. The molecule has 3 aromatic rings. The van der Waals surface area contributed by atoms with Crippen LogP contribution in [0.25, 0.3) is 5.69 Å². The van der Waals surface area contributed by atoms with Crippen molar-refractivity contribution in [3.63, 3.8) is 0 Å². The Bertz CT molecular complexity index is 827. The highest BCUT2D eigenvalue weighted by atomic mass is 35.5. The molecular formula is C17H15ClN4O. The summed E-state index contributed by atoms with van der Waals surface area (Å²) in [5.41, 5.74) is 3.08. The van der Waals surface area contributed by atoms with Gasteiger partial charge < -0.3 is 5.32 Å². The quantitative estimate of drug-likeness (QED) is 0.801. The predicted octanol–water partition coefficient (Wildman–Crippen LogP) is 3.16. The van der Waals surface area contributed by atoms with E-state index in [0.29, 0.717) is 17.1 Å². The minimum Gasteiger partial charge on any atom is -0.346 e. The Morgan fingerprint density at radius 2 is 2.00 bits per heavy atom. The Kier molecular flexibility index (Phi) is 4.39. The smallest absolute Gasteiger partial charge is 0.254 e. The molecule has 2 heterocycles. The number of carbonyl (C=O) groups is 1. The number of benzene rings is 1. The number of aromatic nitrogens is 3. The molecule has 0 atom stereocenters.